The normalized spacial score (nSPS) is 28.9. The second kappa shape index (κ2) is 4.82. The summed E-state index contributed by atoms with van der Waals surface area (Å²) >= 11 is 0. The van der Waals surface area contributed by atoms with Gasteiger partial charge < -0.3 is 0 Å². The van der Waals surface area contributed by atoms with Gasteiger partial charge in [-0.2, -0.15) is 0 Å². The summed E-state index contributed by atoms with van der Waals surface area (Å²) in [5, 5.41) is 8.67. The van der Waals surface area contributed by atoms with Gasteiger partial charge in [0.05, 0.1) is 0 Å². The Labute approximate surface area is 117 Å². The molecule has 1 fully saturated rings. The molecule has 1 aromatic carbocycles. The third-order valence-corrected chi connectivity index (χ3v) is 4.89. The van der Waals surface area contributed by atoms with Crippen molar-refractivity contribution in [2.45, 2.75) is 38.8 Å². The zero-order valence-electron chi connectivity index (χ0n) is 11.7. The van der Waals surface area contributed by atoms with Crippen LogP contribution in [0, 0.1) is 11.7 Å². The summed E-state index contributed by atoms with van der Waals surface area (Å²) in [5.74, 6) is -0.454. The number of amides is 1. The fraction of sp³-hybridized carbons (Fsp3) is 0.533. The molecule has 0 radical (unpaired) electrons. The van der Waals surface area contributed by atoms with Crippen molar-refractivity contribution >= 4 is 5.91 Å². The van der Waals surface area contributed by atoms with Gasteiger partial charge in [-0.15, -0.1) is 0 Å². The van der Waals surface area contributed by atoms with E-state index in [1.54, 1.807) is 11.5 Å². The molecule has 0 aromatic heterocycles. The Morgan fingerprint density at radius 2 is 2.20 bits per heavy atom. The van der Waals surface area contributed by atoms with E-state index in [0.717, 1.165) is 30.5 Å². The van der Waals surface area contributed by atoms with Crippen LogP contribution in [-0.4, -0.2) is 28.6 Å². The maximum atomic E-state index is 14.4. The molecule has 2 heterocycles. The topological polar surface area (TPSA) is 52.6 Å². The Kier molecular flexibility index (Phi) is 3.26. The second-order valence-electron chi connectivity index (χ2n) is 5.93. The Bertz CT molecular complexity index is 561. The van der Waals surface area contributed by atoms with Gasteiger partial charge in [-0.05, 0) is 43.4 Å². The van der Waals surface area contributed by atoms with Crippen LogP contribution in [0.2, 0.25) is 0 Å². The van der Waals surface area contributed by atoms with Crippen LogP contribution in [0.3, 0.4) is 0 Å². The molecular weight excluding hydrogens is 259 g/mol. The molecule has 3 atom stereocenters. The Balaban J connectivity index is 2.04. The van der Waals surface area contributed by atoms with Gasteiger partial charge >= 0.3 is 0 Å². The number of carbonyl (C=O) groups is 1. The van der Waals surface area contributed by atoms with Crippen LogP contribution in [0.1, 0.15) is 47.8 Å². The molecule has 0 saturated carbocycles. The highest BCUT2D eigenvalue weighted by Crippen LogP contribution is 2.44. The molecule has 0 spiro atoms. The van der Waals surface area contributed by atoms with Gasteiger partial charge in [0.2, 0.25) is 0 Å². The molecule has 3 rings (SSSR count). The standard InChI is InChI=1S/C15H19FN2O2/c1-8-5-13-14-10(3-4-18(13)9(8)2)6-11(7-12(14)16)15(19)17-20/h6-9,13,20H,3-5H2,1-2H3,(H,17,19)/t8-,9-,13-/m0/s1. The average Bonchev–Trinajstić information content (AvgIpc) is 2.73. The average molecular weight is 278 g/mol. The van der Waals surface area contributed by atoms with E-state index in [4.69, 9.17) is 5.21 Å². The smallest absolute Gasteiger partial charge is 0.274 e. The van der Waals surface area contributed by atoms with Crippen molar-refractivity contribution in [1.29, 1.82) is 0 Å². The van der Waals surface area contributed by atoms with Crippen molar-refractivity contribution in [2.24, 2.45) is 5.92 Å². The number of benzene rings is 1. The first-order chi connectivity index (χ1) is 9.52. The van der Waals surface area contributed by atoms with E-state index in [0.29, 0.717) is 12.0 Å². The van der Waals surface area contributed by atoms with Gasteiger partial charge in [0.15, 0.2) is 0 Å². The van der Waals surface area contributed by atoms with E-state index in [-0.39, 0.29) is 17.4 Å². The number of hydrogen-bond acceptors (Lipinski definition) is 3. The van der Waals surface area contributed by atoms with E-state index >= 15 is 0 Å². The maximum absolute atomic E-state index is 14.4. The number of nitrogens with zero attached hydrogens (tertiary/aromatic N) is 1. The predicted molar refractivity (Wildman–Crippen MR) is 72.0 cm³/mol. The van der Waals surface area contributed by atoms with E-state index in [9.17, 15) is 9.18 Å². The van der Waals surface area contributed by atoms with Crippen molar-refractivity contribution in [1.82, 2.24) is 10.4 Å². The van der Waals surface area contributed by atoms with Crippen molar-refractivity contribution in [3.05, 3.63) is 34.6 Å². The molecule has 0 bridgehead atoms. The highest BCUT2D eigenvalue weighted by atomic mass is 19.1. The van der Waals surface area contributed by atoms with Crippen LogP contribution < -0.4 is 5.48 Å². The van der Waals surface area contributed by atoms with Crippen molar-refractivity contribution < 1.29 is 14.4 Å². The number of hydroxylamine groups is 1. The highest BCUT2D eigenvalue weighted by molar-refractivity contribution is 5.93. The van der Waals surface area contributed by atoms with Crippen molar-refractivity contribution in [2.75, 3.05) is 6.54 Å². The number of fused-ring (bicyclic) bond motifs is 3. The fourth-order valence-corrected chi connectivity index (χ4v) is 3.64. The van der Waals surface area contributed by atoms with Crippen molar-refractivity contribution in [3.8, 4) is 0 Å². The third-order valence-electron chi connectivity index (χ3n) is 4.89. The molecule has 108 valence electrons. The zero-order valence-corrected chi connectivity index (χ0v) is 11.7. The van der Waals surface area contributed by atoms with E-state index in [2.05, 4.69) is 18.7 Å². The SMILES string of the molecule is C[C@H]1C[C@H]2c3c(F)cc(C(=O)NO)cc3CCN2[C@H]1C. The van der Waals surface area contributed by atoms with Crippen LogP contribution in [0.25, 0.3) is 0 Å². The Morgan fingerprint density at radius 3 is 2.90 bits per heavy atom. The maximum Gasteiger partial charge on any atom is 0.274 e. The van der Waals surface area contributed by atoms with Crippen molar-refractivity contribution in [3.63, 3.8) is 0 Å². The van der Waals surface area contributed by atoms with Gasteiger partial charge in [0, 0.05) is 29.8 Å². The minimum absolute atomic E-state index is 0.120. The molecule has 2 N–H and O–H groups in total. The summed E-state index contributed by atoms with van der Waals surface area (Å²) in [4.78, 5) is 13.8. The Morgan fingerprint density at radius 1 is 1.45 bits per heavy atom. The summed E-state index contributed by atoms with van der Waals surface area (Å²) in [7, 11) is 0. The summed E-state index contributed by atoms with van der Waals surface area (Å²) in [5.41, 5.74) is 3.37. The molecule has 1 amide bonds. The Hall–Kier alpha value is -1.46. The van der Waals surface area contributed by atoms with Gasteiger partial charge in [-0.25, -0.2) is 9.87 Å². The number of rotatable bonds is 1. The third kappa shape index (κ3) is 1.93. The largest absolute Gasteiger partial charge is 0.293 e. The molecule has 0 unspecified atom stereocenters. The molecule has 2 aliphatic heterocycles. The first-order valence-electron chi connectivity index (χ1n) is 7.05. The van der Waals surface area contributed by atoms with Crippen LogP contribution in [0.4, 0.5) is 4.39 Å². The van der Waals surface area contributed by atoms with Gasteiger partial charge in [-0.1, -0.05) is 6.92 Å². The van der Waals surface area contributed by atoms with Crippen LogP contribution in [0.5, 0.6) is 0 Å². The summed E-state index contributed by atoms with van der Waals surface area (Å²) in [6.45, 7) is 5.29. The lowest BCUT2D eigenvalue weighted by Crippen LogP contribution is -2.37. The van der Waals surface area contributed by atoms with E-state index in [1.165, 1.54) is 6.07 Å². The molecular formula is C15H19FN2O2. The number of carbonyl (C=O) groups excluding carboxylic acids is 1. The lowest BCUT2D eigenvalue weighted by atomic mass is 9.89. The second-order valence-corrected chi connectivity index (χ2v) is 5.93. The van der Waals surface area contributed by atoms with Crippen LogP contribution in [0.15, 0.2) is 12.1 Å². The predicted octanol–water partition coefficient (Wildman–Crippen LogP) is 2.27. The minimum Gasteiger partial charge on any atom is -0.293 e. The fourth-order valence-electron chi connectivity index (χ4n) is 3.64. The summed E-state index contributed by atoms with van der Waals surface area (Å²) < 4.78 is 14.4. The molecule has 2 aliphatic rings. The first-order valence-corrected chi connectivity index (χ1v) is 7.05. The van der Waals surface area contributed by atoms with Gasteiger partial charge in [-0.3, -0.25) is 14.9 Å². The molecule has 0 aliphatic carbocycles. The number of hydrogen-bond donors (Lipinski definition) is 2. The van der Waals surface area contributed by atoms with Gasteiger partial charge in [0.25, 0.3) is 5.91 Å². The molecule has 1 aromatic rings. The zero-order chi connectivity index (χ0) is 14.4. The molecule has 4 nitrogen and oxygen atoms in total. The lowest BCUT2D eigenvalue weighted by molar-refractivity contribution is 0.0705. The number of nitrogens with one attached hydrogen (secondary N) is 1. The quantitative estimate of drug-likeness (QED) is 0.612. The van der Waals surface area contributed by atoms with Gasteiger partial charge in [0.1, 0.15) is 5.82 Å². The number of halogens is 1. The van der Waals surface area contributed by atoms with E-state index in [1.807, 2.05) is 0 Å². The lowest BCUT2D eigenvalue weighted by Gasteiger charge is -2.35. The molecule has 5 heteroatoms. The first kappa shape index (κ1) is 13.5. The van der Waals surface area contributed by atoms with Crippen LogP contribution in [-0.2, 0) is 6.42 Å². The van der Waals surface area contributed by atoms with Crippen LogP contribution >= 0.6 is 0 Å². The summed E-state index contributed by atoms with van der Waals surface area (Å²) in [6, 6.07) is 3.51. The molecule has 1 saturated heterocycles. The minimum atomic E-state index is -0.665. The summed E-state index contributed by atoms with van der Waals surface area (Å²) in [6.07, 6.45) is 1.70. The highest BCUT2D eigenvalue weighted by Gasteiger charge is 2.41. The van der Waals surface area contributed by atoms with E-state index < -0.39 is 5.91 Å². The molecule has 20 heavy (non-hydrogen) atoms. The monoisotopic (exact) mass is 278 g/mol.